The van der Waals surface area contributed by atoms with Crippen molar-refractivity contribution in [3.05, 3.63) is 0 Å². The Bertz CT molecular complexity index is 343. The van der Waals surface area contributed by atoms with Gasteiger partial charge < -0.3 is 28.5 Å². The Morgan fingerprint density at radius 1 is 1.00 bits per heavy atom. The van der Waals surface area contributed by atoms with E-state index < -0.39 is 39.0 Å². The average molecular weight is 337 g/mol. The Kier molecular flexibility index (Phi) is 7.01. The Morgan fingerprint density at radius 3 is 1.95 bits per heavy atom. The minimum atomic E-state index is -1.91. The second-order valence-electron chi connectivity index (χ2n) is 7.24. The van der Waals surface area contributed by atoms with Crippen molar-refractivity contribution < 1.29 is 28.5 Å². The van der Waals surface area contributed by atoms with Crippen LogP contribution in [0.15, 0.2) is 0 Å². The minimum Gasteiger partial charge on any atom is -0.414 e. The molecule has 0 saturated carbocycles. The van der Waals surface area contributed by atoms with Gasteiger partial charge in [-0.15, -0.1) is 0 Å². The van der Waals surface area contributed by atoms with Gasteiger partial charge in [0.05, 0.1) is 6.61 Å². The third-order valence-electron chi connectivity index (χ3n) is 4.81. The molecule has 7 heteroatoms. The maximum atomic E-state index is 10.5. The Hall–Kier alpha value is -0.0231. The smallest absolute Gasteiger partial charge is 0.192 e. The molecule has 1 saturated heterocycles. The highest BCUT2D eigenvalue weighted by molar-refractivity contribution is 6.74. The van der Waals surface area contributed by atoms with Gasteiger partial charge in [0.1, 0.15) is 24.4 Å². The number of aliphatic hydroxyl groups excluding tert-OH is 1. The first-order chi connectivity index (χ1) is 10.1. The van der Waals surface area contributed by atoms with E-state index in [-0.39, 0.29) is 5.04 Å². The lowest BCUT2D eigenvalue weighted by molar-refractivity contribution is -0.302. The molecule has 0 aliphatic carbocycles. The first-order valence-electron chi connectivity index (χ1n) is 7.65. The van der Waals surface area contributed by atoms with Crippen LogP contribution in [0, 0.1) is 0 Å². The monoisotopic (exact) mass is 336 g/mol. The summed E-state index contributed by atoms with van der Waals surface area (Å²) >= 11 is 0. The quantitative estimate of drug-likeness (QED) is 0.746. The number of rotatable bonds is 6. The number of hydrogen-bond acceptors (Lipinski definition) is 6. The zero-order chi connectivity index (χ0) is 17.1. The zero-order valence-corrected chi connectivity index (χ0v) is 16.1. The van der Waals surface area contributed by atoms with E-state index >= 15 is 0 Å². The normalized spacial score (nSPS) is 34.0. The van der Waals surface area contributed by atoms with Crippen LogP contribution in [0.1, 0.15) is 20.8 Å². The lowest BCUT2D eigenvalue weighted by Gasteiger charge is -2.44. The highest BCUT2D eigenvalue weighted by Gasteiger charge is 2.47. The first kappa shape index (κ1) is 20.0. The average Bonchev–Trinajstić information content (AvgIpc) is 2.43. The van der Waals surface area contributed by atoms with Crippen LogP contribution in [0.3, 0.4) is 0 Å². The predicted molar refractivity (Wildman–Crippen MR) is 86.4 cm³/mol. The van der Waals surface area contributed by atoms with Crippen molar-refractivity contribution in [2.45, 2.75) is 69.6 Å². The van der Waals surface area contributed by atoms with Gasteiger partial charge in [0.2, 0.25) is 0 Å². The molecule has 1 aliphatic rings. The maximum Gasteiger partial charge on any atom is 0.192 e. The van der Waals surface area contributed by atoms with Crippen molar-refractivity contribution in [3.63, 3.8) is 0 Å². The molecule has 0 aromatic heterocycles. The fourth-order valence-corrected chi connectivity index (χ4v) is 3.26. The lowest BCUT2D eigenvalue weighted by atomic mass is 9.99. The molecule has 0 radical (unpaired) electrons. The standard InChI is InChI=1S/C15H32O6Si/c1-15(2,3)22(7,8)20-9-10-11(16)12(17-4)13(18-5)14(19-6)21-10/h10-14,16H,9H2,1-8H3/t10-,11-,12+,13-,14+/m1/s1. The molecule has 1 fully saturated rings. The summed E-state index contributed by atoms with van der Waals surface area (Å²) < 4.78 is 28.0. The van der Waals surface area contributed by atoms with E-state index in [2.05, 4.69) is 33.9 Å². The maximum absolute atomic E-state index is 10.5. The molecule has 0 aromatic carbocycles. The van der Waals surface area contributed by atoms with Crippen molar-refractivity contribution in [1.29, 1.82) is 0 Å². The topological polar surface area (TPSA) is 66.4 Å². The van der Waals surface area contributed by atoms with E-state index in [4.69, 9.17) is 23.4 Å². The molecule has 22 heavy (non-hydrogen) atoms. The molecule has 0 aromatic rings. The lowest BCUT2D eigenvalue weighted by Crippen LogP contribution is -2.61. The van der Waals surface area contributed by atoms with Crippen LogP contribution in [0.2, 0.25) is 18.1 Å². The van der Waals surface area contributed by atoms with Gasteiger partial charge >= 0.3 is 0 Å². The van der Waals surface area contributed by atoms with Crippen LogP contribution in [-0.2, 0) is 23.4 Å². The van der Waals surface area contributed by atoms with Crippen LogP contribution in [0.25, 0.3) is 0 Å². The van der Waals surface area contributed by atoms with Crippen LogP contribution in [0.4, 0.5) is 0 Å². The van der Waals surface area contributed by atoms with Gasteiger partial charge in [0.15, 0.2) is 14.6 Å². The van der Waals surface area contributed by atoms with Gasteiger partial charge in [0, 0.05) is 21.3 Å². The first-order valence-corrected chi connectivity index (χ1v) is 10.6. The summed E-state index contributed by atoms with van der Waals surface area (Å²) in [5, 5.41) is 10.6. The van der Waals surface area contributed by atoms with Crippen molar-refractivity contribution in [2.24, 2.45) is 0 Å². The molecule has 6 nitrogen and oxygen atoms in total. The number of methoxy groups -OCH3 is 3. The van der Waals surface area contributed by atoms with Crippen molar-refractivity contribution >= 4 is 8.32 Å². The summed E-state index contributed by atoms with van der Waals surface area (Å²) in [4.78, 5) is 0. The SMILES string of the molecule is CO[C@H]1O[C@H](CO[Si](C)(C)C(C)(C)C)[C@@H](O)[C@H](OC)[C@H]1OC. The third-order valence-corrected chi connectivity index (χ3v) is 9.31. The molecule has 0 unspecified atom stereocenters. The van der Waals surface area contributed by atoms with Crippen molar-refractivity contribution in [3.8, 4) is 0 Å². The molecule has 5 atom stereocenters. The Labute approximate surface area is 135 Å². The summed E-state index contributed by atoms with van der Waals surface area (Å²) in [6.07, 6.45) is -2.92. The van der Waals surface area contributed by atoms with E-state index in [9.17, 15) is 5.11 Å². The third kappa shape index (κ3) is 4.28. The van der Waals surface area contributed by atoms with Gasteiger partial charge in [-0.25, -0.2) is 0 Å². The zero-order valence-electron chi connectivity index (χ0n) is 15.1. The molecule has 132 valence electrons. The molecule has 1 rings (SSSR count). The van der Waals surface area contributed by atoms with Gasteiger partial charge in [0.25, 0.3) is 0 Å². The number of ether oxygens (including phenoxy) is 4. The molecule has 0 bridgehead atoms. The largest absolute Gasteiger partial charge is 0.414 e. The summed E-state index contributed by atoms with van der Waals surface area (Å²) in [6, 6.07) is 0. The molecule has 1 heterocycles. The summed E-state index contributed by atoms with van der Waals surface area (Å²) in [6.45, 7) is 11.2. The van der Waals surface area contributed by atoms with Gasteiger partial charge in [-0.3, -0.25) is 0 Å². The fraction of sp³-hybridized carbons (Fsp3) is 1.00. The minimum absolute atomic E-state index is 0.100. The van der Waals surface area contributed by atoms with E-state index in [1.807, 2.05) is 0 Å². The highest BCUT2D eigenvalue weighted by atomic mass is 28.4. The molecular weight excluding hydrogens is 304 g/mol. The van der Waals surface area contributed by atoms with Gasteiger partial charge in [-0.1, -0.05) is 20.8 Å². The van der Waals surface area contributed by atoms with Gasteiger partial charge in [-0.05, 0) is 18.1 Å². The molecule has 1 N–H and O–H groups in total. The second kappa shape index (κ2) is 7.70. The van der Waals surface area contributed by atoms with E-state index in [1.165, 1.54) is 0 Å². The summed E-state index contributed by atoms with van der Waals surface area (Å²) in [5.41, 5.74) is 0. The Balaban J connectivity index is 2.78. The van der Waals surface area contributed by atoms with Crippen LogP contribution >= 0.6 is 0 Å². The summed E-state index contributed by atoms with van der Waals surface area (Å²) in [7, 11) is 2.73. The molecule has 0 amide bonds. The van der Waals surface area contributed by atoms with Crippen LogP contribution in [0.5, 0.6) is 0 Å². The van der Waals surface area contributed by atoms with Crippen LogP contribution < -0.4 is 0 Å². The molecule has 1 aliphatic heterocycles. The second-order valence-corrected chi connectivity index (χ2v) is 12.1. The van der Waals surface area contributed by atoms with Gasteiger partial charge in [-0.2, -0.15) is 0 Å². The Morgan fingerprint density at radius 2 is 1.55 bits per heavy atom. The number of aliphatic hydroxyl groups is 1. The summed E-state index contributed by atoms with van der Waals surface area (Å²) in [5.74, 6) is 0. The highest BCUT2D eigenvalue weighted by Crippen LogP contribution is 2.37. The van der Waals surface area contributed by atoms with Crippen molar-refractivity contribution in [1.82, 2.24) is 0 Å². The van der Waals surface area contributed by atoms with E-state index in [0.717, 1.165) is 0 Å². The fourth-order valence-electron chi connectivity index (χ4n) is 2.24. The number of hydrogen-bond donors (Lipinski definition) is 1. The molecular formula is C15H32O6Si. The predicted octanol–water partition coefficient (Wildman–Crippen LogP) is 1.77. The van der Waals surface area contributed by atoms with Crippen molar-refractivity contribution in [2.75, 3.05) is 27.9 Å². The van der Waals surface area contributed by atoms with Crippen LogP contribution in [-0.4, -0.2) is 72.1 Å². The van der Waals surface area contributed by atoms with E-state index in [0.29, 0.717) is 6.61 Å². The molecule has 0 spiro atoms. The van der Waals surface area contributed by atoms with E-state index in [1.54, 1.807) is 21.3 Å².